The number of aromatic nitrogens is 2. The second-order valence-electron chi connectivity index (χ2n) is 5.06. The highest BCUT2D eigenvalue weighted by atomic mass is 32.2. The third-order valence-electron chi connectivity index (χ3n) is 3.71. The van der Waals surface area contributed by atoms with Crippen molar-refractivity contribution in [1.29, 1.82) is 0 Å². The number of aliphatic hydroxyl groups is 1. The molecule has 7 nitrogen and oxygen atoms in total. The molecule has 2 aromatic rings. The van der Waals surface area contributed by atoms with Gasteiger partial charge in [0, 0.05) is 18.3 Å². The normalized spacial score (nSPS) is 16.4. The summed E-state index contributed by atoms with van der Waals surface area (Å²) in [5.74, 6) is -0.813. The van der Waals surface area contributed by atoms with Gasteiger partial charge < -0.3 is 14.6 Å². The van der Waals surface area contributed by atoms with Crippen LogP contribution in [-0.2, 0) is 29.2 Å². The molecule has 2 atom stereocenters. The number of amides is 1. The van der Waals surface area contributed by atoms with Crippen molar-refractivity contribution in [2.75, 3.05) is 6.61 Å². The van der Waals surface area contributed by atoms with Crippen molar-refractivity contribution in [1.82, 2.24) is 14.1 Å². The van der Waals surface area contributed by atoms with Crippen molar-refractivity contribution < 1.29 is 18.7 Å². The van der Waals surface area contributed by atoms with E-state index in [2.05, 4.69) is 5.10 Å². The highest BCUT2D eigenvalue weighted by Crippen LogP contribution is 2.26. The summed E-state index contributed by atoms with van der Waals surface area (Å²) in [7, 11) is 0. The molecular weight excluding hydrogens is 306 g/mol. The molecule has 1 aliphatic heterocycles. The average molecular weight is 320 g/mol. The largest absolute Gasteiger partial charge is 0.754 e. The molecule has 0 saturated carbocycles. The monoisotopic (exact) mass is 320 g/mol. The van der Waals surface area contributed by atoms with Crippen LogP contribution in [0.25, 0.3) is 0 Å². The molecule has 116 valence electrons. The lowest BCUT2D eigenvalue weighted by Gasteiger charge is -2.22. The summed E-state index contributed by atoms with van der Waals surface area (Å²) in [6.07, 6.45) is 1.40. The lowest BCUT2D eigenvalue weighted by Crippen LogP contribution is -2.32. The number of carbonyl (C=O) groups excluding carboxylic acids is 1. The van der Waals surface area contributed by atoms with E-state index in [0.29, 0.717) is 17.8 Å². The maximum absolute atomic E-state index is 12.6. The van der Waals surface area contributed by atoms with Crippen LogP contribution in [0.1, 0.15) is 22.7 Å². The van der Waals surface area contributed by atoms with Crippen molar-refractivity contribution in [2.45, 2.75) is 19.0 Å². The van der Waals surface area contributed by atoms with Gasteiger partial charge >= 0.3 is 0 Å². The fourth-order valence-corrected chi connectivity index (χ4v) is 2.97. The molecule has 3 rings (SSSR count). The van der Waals surface area contributed by atoms with Crippen molar-refractivity contribution in [3.8, 4) is 0 Å². The summed E-state index contributed by atoms with van der Waals surface area (Å²) in [6, 6.07) is 9.08. The Balaban J connectivity index is 1.76. The number of hydrogen-bond donors (Lipinski definition) is 1. The van der Waals surface area contributed by atoms with Crippen molar-refractivity contribution in [3.63, 3.8) is 0 Å². The molecule has 0 bridgehead atoms. The summed E-state index contributed by atoms with van der Waals surface area (Å²) in [5, 5.41) is 13.5. The second kappa shape index (κ2) is 5.99. The van der Waals surface area contributed by atoms with Crippen LogP contribution in [0.3, 0.4) is 0 Å². The van der Waals surface area contributed by atoms with Crippen LogP contribution in [0, 0.1) is 0 Å². The molecule has 1 aromatic carbocycles. The fourth-order valence-electron chi connectivity index (χ4n) is 2.59. The minimum atomic E-state index is -2.44. The Morgan fingerprint density at radius 3 is 2.68 bits per heavy atom. The first-order valence-corrected chi connectivity index (χ1v) is 7.75. The third-order valence-corrected chi connectivity index (χ3v) is 4.20. The quantitative estimate of drug-likeness (QED) is 0.808. The third kappa shape index (κ3) is 2.68. The Morgan fingerprint density at radius 2 is 2.09 bits per heavy atom. The van der Waals surface area contributed by atoms with E-state index in [0.717, 1.165) is 9.65 Å². The SMILES string of the molecule is O=C([C@H](CO)c1ccccc1)N1Cc2cn(S(=O)[O-])nc2C1. The van der Waals surface area contributed by atoms with Crippen LogP contribution in [0.5, 0.6) is 0 Å². The molecule has 0 aliphatic carbocycles. The Hall–Kier alpha value is -2.03. The van der Waals surface area contributed by atoms with E-state index in [1.165, 1.54) is 6.20 Å². The maximum Gasteiger partial charge on any atom is 0.233 e. The number of carbonyl (C=O) groups is 1. The summed E-state index contributed by atoms with van der Waals surface area (Å²) in [4.78, 5) is 14.1. The zero-order valence-corrected chi connectivity index (χ0v) is 12.4. The summed E-state index contributed by atoms with van der Waals surface area (Å²) >= 11 is -2.44. The Kier molecular flexibility index (Phi) is 4.06. The van der Waals surface area contributed by atoms with Gasteiger partial charge in [-0.1, -0.05) is 30.3 Å². The lowest BCUT2D eigenvalue weighted by molar-refractivity contribution is -0.134. The summed E-state index contributed by atoms with van der Waals surface area (Å²) in [5.41, 5.74) is 2.04. The van der Waals surface area contributed by atoms with Crippen LogP contribution in [0.4, 0.5) is 0 Å². The Bertz CT molecular complexity index is 693. The van der Waals surface area contributed by atoms with E-state index in [1.54, 1.807) is 17.0 Å². The molecule has 1 aliphatic rings. The van der Waals surface area contributed by atoms with Crippen LogP contribution in [-0.4, -0.2) is 40.5 Å². The topological polar surface area (TPSA) is 98.5 Å². The second-order valence-corrected chi connectivity index (χ2v) is 5.87. The highest BCUT2D eigenvalue weighted by molar-refractivity contribution is 7.77. The van der Waals surface area contributed by atoms with Crippen LogP contribution < -0.4 is 0 Å². The zero-order valence-electron chi connectivity index (χ0n) is 11.6. The van der Waals surface area contributed by atoms with E-state index in [9.17, 15) is 18.7 Å². The van der Waals surface area contributed by atoms with E-state index in [1.807, 2.05) is 18.2 Å². The molecule has 1 aromatic heterocycles. The van der Waals surface area contributed by atoms with Gasteiger partial charge in [0.25, 0.3) is 0 Å². The van der Waals surface area contributed by atoms with Gasteiger partial charge in [-0.2, -0.15) is 9.19 Å². The fraction of sp³-hybridized carbons (Fsp3) is 0.286. The Morgan fingerprint density at radius 1 is 1.36 bits per heavy atom. The first-order chi connectivity index (χ1) is 10.6. The van der Waals surface area contributed by atoms with Gasteiger partial charge in [0.1, 0.15) is 0 Å². The zero-order chi connectivity index (χ0) is 15.7. The van der Waals surface area contributed by atoms with Gasteiger partial charge in [0.2, 0.25) is 5.91 Å². The molecule has 1 N–H and O–H groups in total. The van der Waals surface area contributed by atoms with E-state index in [-0.39, 0.29) is 19.1 Å². The Labute approximate surface area is 129 Å². The van der Waals surface area contributed by atoms with Crippen molar-refractivity contribution >= 4 is 17.2 Å². The number of aliphatic hydroxyl groups excluding tert-OH is 1. The predicted molar refractivity (Wildman–Crippen MR) is 77.1 cm³/mol. The van der Waals surface area contributed by atoms with Gasteiger partial charge in [-0.15, -0.1) is 0 Å². The number of rotatable bonds is 4. The molecule has 0 fully saturated rings. The van der Waals surface area contributed by atoms with Gasteiger partial charge in [-0.3, -0.25) is 9.00 Å². The molecule has 1 amide bonds. The predicted octanol–water partition coefficient (Wildman–Crippen LogP) is 0.144. The first kappa shape index (κ1) is 14.9. The highest BCUT2D eigenvalue weighted by Gasteiger charge is 2.31. The van der Waals surface area contributed by atoms with Crippen LogP contribution in [0.15, 0.2) is 36.5 Å². The van der Waals surface area contributed by atoms with Gasteiger partial charge in [0.15, 0.2) is 0 Å². The molecule has 0 spiro atoms. The molecule has 22 heavy (non-hydrogen) atoms. The van der Waals surface area contributed by atoms with Gasteiger partial charge in [0.05, 0.1) is 36.0 Å². The van der Waals surface area contributed by atoms with E-state index >= 15 is 0 Å². The number of nitrogens with zero attached hydrogens (tertiary/aromatic N) is 3. The molecule has 0 saturated heterocycles. The van der Waals surface area contributed by atoms with Gasteiger partial charge in [-0.25, -0.2) is 0 Å². The van der Waals surface area contributed by atoms with E-state index < -0.39 is 17.2 Å². The summed E-state index contributed by atoms with van der Waals surface area (Å²) in [6.45, 7) is 0.276. The molecule has 1 unspecified atom stereocenters. The van der Waals surface area contributed by atoms with Crippen molar-refractivity contribution in [3.05, 3.63) is 53.3 Å². The van der Waals surface area contributed by atoms with Crippen LogP contribution in [0.2, 0.25) is 0 Å². The molecule has 0 radical (unpaired) electrons. The number of benzene rings is 1. The van der Waals surface area contributed by atoms with Crippen LogP contribution >= 0.6 is 0 Å². The smallest absolute Gasteiger partial charge is 0.233 e. The van der Waals surface area contributed by atoms with Gasteiger partial charge in [-0.05, 0) is 5.56 Å². The molecule has 8 heteroatoms. The van der Waals surface area contributed by atoms with Crippen molar-refractivity contribution in [2.24, 2.45) is 0 Å². The minimum Gasteiger partial charge on any atom is -0.754 e. The average Bonchev–Trinajstić information content (AvgIpc) is 3.07. The number of fused-ring (bicyclic) bond motifs is 1. The molecule has 2 heterocycles. The molecular formula is C14H14N3O4S-. The van der Waals surface area contributed by atoms with E-state index in [4.69, 9.17) is 0 Å². The summed E-state index contributed by atoms with van der Waals surface area (Å²) < 4.78 is 22.6. The minimum absolute atomic E-state index is 0.193. The lowest BCUT2D eigenvalue weighted by atomic mass is 9.98. The maximum atomic E-state index is 12.6. The standard InChI is InChI=1S/C14H15N3O4S/c18-9-12(10-4-2-1-3-5-10)14(19)16-6-11-7-17(22(20)21)15-13(11)8-16/h1-5,7,12,18H,6,8-9H2,(H,20,21)/p-1/t12-/m1/s1. The number of hydrogen-bond acceptors (Lipinski definition) is 5. The first-order valence-electron chi connectivity index (χ1n) is 6.72.